The van der Waals surface area contributed by atoms with E-state index in [0.717, 1.165) is 0 Å². The van der Waals surface area contributed by atoms with Gasteiger partial charge in [-0.3, -0.25) is 4.79 Å². The lowest BCUT2D eigenvalue weighted by atomic mass is 10.1. The molecule has 92 valence electrons. The maximum atomic E-state index is 11.1. The van der Waals surface area contributed by atoms with E-state index in [1.165, 1.54) is 0 Å². The summed E-state index contributed by atoms with van der Waals surface area (Å²) in [6.45, 7) is 3.44. The molecular formula is C12H14O5. The second kappa shape index (κ2) is 5.34. The lowest BCUT2D eigenvalue weighted by Crippen LogP contribution is -2.04. The van der Waals surface area contributed by atoms with Crippen LogP contribution in [0.4, 0.5) is 0 Å². The fourth-order valence-corrected chi connectivity index (χ4v) is 1.58. The van der Waals surface area contributed by atoms with Crippen LogP contribution < -0.4 is 0 Å². The molecule has 1 aromatic rings. The zero-order valence-electron chi connectivity index (χ0n) is 9.69. The molecule has 2 N–H and O–H groups in total. The van der Waals surface area contributed by atoms with Crippen molar-refractivity contribution in [1.29, 1.82) is 0 Å². The summed E-state index contributed by atoms with van der Waals surface area (Å²) in [4.78, 5) is 21.5. The molecule has 0 aliphatic rings. The highest BCUT2D eigenvalue weighted by Crippen LogP contribution is 2.24. The molecule has 0 aliphatic heterocycles. The number of aromatic carboxylic acids is 1. The summed E-state index contributed by atoms with van der Waals surface area (Å²) in [6, 6.07) is 0. The normalized spacial score (nSPS) is 10.9. The van der Waals surface area contributed by atoms with Gasteiger partial charge in [-0.05, 0) is 19.9 Å². The van der Waals surface area contributed by atoms with Gasteiger partial charge >= 0.3 is 11.9 Å². The van der Waals surface area contributed by atoms with Gasteiger partial charge in [0.05, 0.1) is 6.42 Å². The van der Waals surface area contributed by atoms with E-state index in [-0.39, 0.29) is 24.2 Å². The number of carboxylic acid groups (broad SMARTS) is 2. The minimum atomic E-state index is -1.10. The Labute approximate surface area is 98.4 Å². The number of allylic oxidation sites excluding steroid dienone is 1. The summed E-state index contributed by atoms with van der Waals surface area (Å²) in [5.41, 5.74) is 0.593. The van der Waals surface area contributed by atoms with Crippen molar-refractivity contribution in [2.75, 3.05) is 0 Å². The van der Waals surface area contributed by atoms with E-state index < -0.39 is 11.9 Å². The van der Waals surface area contributed by atoms with E-state index in [0.29, 0.717) is 11.3 Å². The Morgan fingerprint density at radius 1 is 1.35 bits per heavy atom. The first-order valence-electron chi connectivity index (χ1n) is 5.17. The van der Waals surface area contributed by atoms with Gasteiger partial charge in [0.2, 0.25) is 0 Å². The van der Waals surface area contributed by atoms with Crippen molar-refractivity contribution in [3.05, 3.63) is 28.7 Å². The Balaban J connectivity index is 3.14. The van der Waals surface area contributed by atoms with Crippen LogP contribution >= 0.6 is 0 Å². The van der Waals surface area contributed by atoms with E-state index in [1.807, 2.05) is 0 Å². The van der Waals surface area contributed by atoms with Crippen LogP contribution in [0.2, 0.25) is 0 Å². The van der Waals surface area contributed by atoms with E-state index in [2.05, 4.69) is 0 Å². The molecule has 0 saturated carbocycles. The Kier molecular flexibility index (Phi) is 4.09. The molecule has 0 radical (unpaired) electrons. The minimum Gasteiger partial charge on any atom is -0.481 e. The molecule has 17 heavy (non-hydrogen) atoms. The number of carboxylic acids is 2. The highest BCUT2D eigenvalue weighted by atomic mass is 16.4. The van der Waals surface area contributed by atoms with Crippen LogP contribution in [0.5, 0.6) is 0 Å². The zero-order valence-corrected chi connectivity index (χ0v) is 9.69. The van der Waals surface area contributed by atoms with Crippen molar-refractivity contribution in [3.63, 3.8) is 0 Å². The van der Waals surface area contributed by atoms with Crippen molar-refractivity contribution >= 4 is 18.0 Å². The van der Waals surface area contributed by atoms with Gasteiger partial charge in [-0.1, -0.05) is 6.08 Å². The van der Waals surface area contributed by atoms with Crippen LogP contribution in [0.25, 0.3) is 6.08 Å². The van der Waals surface area contributed by atoms with Crippen LogP contribution in [0, 0.1) is 6.92 Å². The lowest BCUT2D eigenvalue weighted by molar-refractivity contribution is -0.137. The first-order valence-corrected chi connectivity index (χ1v) is 5.17. The van der Waals surface area contributed by atoms with E-state index >= 15 is 0 Å². The fourth-order valence-electron chi connectivity index (χ4n) is 1.58. The van der Waals surface area contributed by atoms with Crippen LogP contribution in [0.1, 0.15) is 40.8 Å². The number of rotatable bonds is 5. The van der Waals surface area contributed by atoms with Crippen LogP contribution in [-0.2, 0) is 11.2 Å². The molecule has 0 atom stereocenters. The van der Waals surface area contributed by atoms with Gasteiger partial charge in [-0.2, -0.15) is 0 Å². The second-order valence-corrected chi connectivity index (χ2v) is 3.59. The quantitative estimate of drug-likeness (QED) is 0.821. The molecule has 0 bridgehead atoms. The first-order chi connectivity index (χ1) is 7.97. The third kappa shape index (κ3) is 2.96. The monoisotopic (exact) mass is 238 g/mol. The molecule has 1 rings (SSSR count). The van der Waals surface area contributed by atoms with Crippen LogP contribution in [0.3, 0.4) is 0 Å². The fraction of sp³-hybridized carbons (Fsp3) is 0.333. The number of aliphatic carboxylic acids is 1. The number of hydrogen-bond donors (Lipinski definition) is 2. The number of aryl methyl sites for hydroxylation is 1. The molecule has 0 saturated heterocycles. The smallest absolute Gasteiger partial charge is 0.339 e. The Morgan fingerprint density at radius 2 is 2.00 bits per heavy atom. The standard InChI is InChI=1S/C12H14O5/c1-3-4-8-7(2)11(12(15)16)9(17-8)5-6-10(13)14/h3-4H,5-6H2,1-2H3,(H,13,14)(H,15,16)/b4-3+. The van der Waals surface area contributed by atoms with Crippen molar-refractivity contribution in [2.24, 2.45) is 0 Å². The van der Waals surface area contributed by atoms with Crippen LogP contribution in [0.15, 0.2) is 10.5 Å². The maximum absolute atomic E-state index is 11.1. The topological polar surface area (TPSA) is 87.7 Å². The third-order valence-corrected chi connectivity index (χ3v) is 2.35. The van der Waals surface area contributed by atoms with Crippen molar-refractivity contribution in [3.8, 4) is 0 Å². The molecule has 0 spiro atoms. The Bertz CT molecular complexity index is 467. The maximum Gasteiger partial charge on any atom is 0.339 e. The van der Waals surface area contributed by atoms with E-state index in [9.17, 15) is 9.59 Å². The third-order valence-electron chi connectivity index (χ3n) is 2.35. The van der Waals surface area contributed by atoms with E-state index in [4.69, 9.17) is 14.6 Å². The second-order valence-electron chi connectivity index (χ2n) is 3.59. The summed E-state index contributed by atoms with van der Waals surface area (Å²) in [6.07, 6.45) is 3.32. The number of furan rings is 1. The molecule has 5 heteroatoms. The molecular weight excluding hydrogens is 224 g/mol. The SMILES string of the molecule is C/C=C/c1oc(CCC(=O)O)c(C(=O)O)c1C. The molecule has 5 nitrogen and oxygen atoms in total. The van der Waals surface area contributed by atoms with Gasteiger partial charge in [-0.25, -0.2) is 4.79 Å². The summed E-state index contributed by atoms with van der Waals surface area (Å²) < 4.78 is 5.37. The zero-order chi connectivity index (χ0) is 13.0. The Morgan fingerprint density at radius 3 is 2.47 bits per heavy atom. The van der Waals surface area contributed by atoms with Gasteiger partial charge < -0.3 is 14.6 Å². The van der Waals surface area contributed by atoms with Crippen molar-refractivity contribution in [2.45, 2.75) is 26.7 Å². The van der Waals surface area contributed by atoms with Gasteiger partial charge in [0.1, 0.15) is 17.1 Å². The van der Waals surface area contributed by atoms with Gasteiger partial charge in [-0.15, -0.1) is 0 Å². The Hall–Kier alpha value is -2.04. The summed E-state index contributed by atoms with van der Waals surface area (Å²) in [5, 5.41) is 17.6. The number of carbonyl (C=O) groups is 2. The molecule has 1 heterocycles. The summed E-state index contributed by atoms with van der Waals surface area (Å²) in [7, 11) is 0. The van der Waals surface area contributed by atoms with Gasteiger partial charge in [0.25, 0.3) is 0 Å². The highest BCUT2D eigenvalue weighted by molar-refractivity contribution is 5.91. The van der Waals surface area contributed by atoms with Crippen molar-refractivity contribution < 1.29 is 24.2 Å². The van der Waals surface area contributed by atoms with Crippen molar-refractivity contribution in [1.82, 2.24) is 0 Å². The summed E-state index contributed by atoms with van der Waals surface area (Å²) in [5.74, 6) is -1.40. The summed E-state index contributed by atoms with van der Waals surface area (Å²) >= 11 is 0. The van der Waals surface area contributed by atoms with Gasteiger partial charge in [0, 0.05) is 12.0 Å². The number of hydrogen-bond acceptors (Lipinski definition) is 3. The molecule has 0 aliphatic carbocycles. The average molecular weight is 238 g/mol. The van der Waals surface area contributed by atoms with E-state index in [1.54, 1.807) is 26.0 Å². The molecule has 0 unspecified atom stereocenters. The van der Waals surface area contributed by atoms with Crippen LogP contribution in [-0.4, -0.2) is 22.2 Å². The average Bonchev–Trinajstić information content (AvgIpc) is 2.53. The molecule has 0 amide bonds. The molecule has 0 fully saturated rings. The predicted molar refractivity (Wildman–Crippen MR) is 61.1 cm³/mol. The lowest BCUT2D eigenvalue weighted by Gasteiger charge is -1.96. The predicted octanol–water partition coefficient (Wildman–Crippen LogP) is 2.34. The largest absolute Gasteiger partial charge is 0.481 e. The minimum absolute atomic E-state index is 0.0688. The first kappa shape index (κ1) is 13.0. The molecule has 1 aromatic heterocycles. The highest BCUT2D eigenvalue weighted by Gasteiger charge is 2.21. The van der Waals surface area contributed by atoms with Gasteiger partial charge in [0.15, 0.2) is 0 Å². The molecule has 0 aromatic carbocycles.